The fraction of sp³-hybridized carbons (Fsp3) is 0.158. The quantitative estimate of drug-likeness (QED) is 0.665. The van der Waals surface area contributed by atoms with E-state index >= 15 is 0 Å². The largest absolute Gasteiger partial charge is 0.462 e. The van der Waals surface area contributed by atoms with Crippen molar-refractivity contribution in [3.05, 3.63) is 75.3 Å². The summed E-state index contributed by atoms with van der Waals surface area (Å²) in [6.45, 7) is 2.95. The number of fused-ring (bicyclic) bond motifs is 1. The van der Waals surface area contributed by atoms with E-state index in [-0.39, 0.29) is 28.6 Å². The summed E-state index contributed by atoms with van der Waals surface area (Å²) < 4.78 is 47.4. The average Bonchev–Trinajstić information content (AvgIpc) is 2.61. The fourth-order valence-electron chi connectivity index (χ4n) is 2.78. The minimum absolute atomic E-state index is 0.0453. The zero-order valence-electron chi connectivity index (χ0n) is 14.0. The number of aryl methyl sites for hydroxylation is 1. The molecule has 2 aromatic carbocycles. The monoisotopic (exact) mass is 361 g/mol. The standard InChI is InChI=1S/C19H14F3NO3/c1-3-26-19(25)14-9-23(12-6-4-11(20)5-7-12)17-10(2)16(22)15(21)8-13(17)18(14)24/h4-9H,3H2,1-2H3. The molecule has 1 heterocycles. The molecule has 0 bridgehead atoms. The van der Waals surface area contributed by atoms with Gasteiger partial charge in [-0.2, -0.15) is 0 Å². The number of aromatic nitrogens is 1. The molecule has 7 heteroatoms. The second-order valence-corrected chi connectivity index (χ2v) is 5.63. The molecule has 26 heavy (non-hydrogen) atoms. The Bertz CT molecular complexity index is 1070. The molecule has 3 rings (SSSR count). The minimum Gasteiger partial charge on any atom is -0.462 e. The molecule has 0 radical (unpaired) electrons. The zero-order valence-corrected chi connectivity index (χ0v) is 14.0. The van der Waals surface area contributed by atoms with Crippen molar-refractivity contribution in [2.45, 2.75) is 13.8 Å². The predicted octanol–water partition coefficient (Wildman–Crippen LogP) is 3.89. The molecule has 0 amide bonds. The van der Waals surface area contributed by atoms with Crippen molar-refractivity contribution in [1.82, 2.24) is 4.57 Å². The number of carbonyl (C=O) groups is 1. The van der Waals surface area contributed by atoms with Gasteiger partial charge in [-0.1, -0.05) is 0 Å². The summed E-state index contributed by atoms with van der Waals surface area (Å²) in [5.41, 5.74) is -0.727. The summed E-state index contributed by atoms with van der Waals surface area (Å²) in [6.07, 6.45) is 1.19. The fourth-order valence-corrected chi connectivity index (χ4v) is 2.78. The third kappa shape index (κ3) is 2.85. The Kier molecular flexibility index (Phi) is 4.54. The van der Waals surface area contributed by atoms with E-state index in [1.165, 1.54) is 42.0 Å². The van der Waals surface area contributed by atoms with Crippen LogP contribution < -0.4 is 5.43 Å². The average molecular weight is 361 g/mol. The van der Waals surface area contributed by atoms with Gasteiger partial charge in [-0.25, -0.2) is 18.0 Å². The van der Waals surface area contributed by atoms with Crippen molar-refractivity contribution in [2.24, 2.45) is 0 Å². The van der Waals surface area contributed by atoms with Gasteiger partial charge in [0.25, 0.3) is 0 Å². The Labute approximate surface area is 146 Å². The lowest BCUT2D eigenvalue weighted by molar-refractivity contribution is 0.0524. The summed E-state index contributed by atoms with van der Waals surface area (Å²) in [4.78, 5) is 24.8. The first-order chi connectivity index (χ1) is 12.3. The van der Waals surface area contributed by atoms with Crippen molar-refractivity contribution in [3.8, 4) is 5.69 Å². The molecule has 0 saturated heterocycles. The molecule has 0 fully saturated rings. The van der Waals surface area contributed by atoms with Crippen LogP contribution in [0.1, 0.15) is 22.8 Å². The van der Waals surface area contributed by atoms with Crippen LogP contribution in [-0.2, 0) is 4.74 Å². The first-order valence-corrected chi connectivity index (χ1v) is 7.82. The third-order valence-electron chi connectivity index (χ3n) is 4.01. The van der Waals surface area contributed by atoms with Crippen molar-refractivity contribution in [1.29, 1.82) is 0 Å². The second-order valence-electron chi connectivity index (χ2n) is 5.63. The van der Waals surface area contributed by atoms with Crippen molar-refractivity contribution >= 4 is 16.9 Å². The van der Waals surface area contributed by atoms with Gasteiger partial charge in [-0.3, -0.25) is 4.79 Å². The van der Waals surface area contributed by atoms with Crippen LogP contribution in [0.15, 0.2) is 41.3 Å². The minimum atomic E-state index is -1.20. The topological polar surface area (TPSA) is 48.3 Å². The van der Waals surface area contributed by atoms with Crippen molar-refractivity contribution in [3.63, 3.8) is 0 Å². The van der Waals surface area contributed by atoms with Gasteiger partial charge in [0.2, 0.25) is 5.43 Å². The number of benzene rings is 2. The van der Waals surface area contributed by atoms with Crippen molar-refractivity contribution in [2.75, 3.05) is 6.61 Å². The van der Waals surface area contributed by atoms with E-state index in [1.807, 2.05) is 0 Å². The van der Waals surface area contributed by atoms with E-state index in [0.29, 0.717) is 5.69 Å². The molecule has 0 saturated carbocycles. The number of halogens is 3. The van der Waals surface area contributed by atoms with Crippen molar-refractivity contribution < 1.29 is 22.7 Å². The number of hydrogen-bond acceptors (Lipinski definition) is 3. The Morgan fingerprint density at radius 3 is 2.42 bits per heavy atom. The van der Waals surface area contributed by atoms with E-state index in [1.54, 1.807) is 6.92 Å². The highest BCUT2D eigenvalue weighted by Gasteiger charge is 2.21. The van der Waals surface area contributed by atoms with E-state index < -0.39 is 28.8 Å². The second kappa shape index (κ2) is 6.67. The molecule has 0 aliphatic carbocycles. The normalized spacial score (nSPS) is 11.0. The van der Waals surface area contributed by atoms with Crippen LogP contribution in [-0.4, -0.2) is 17.1 Å². The van der Waals surface area contributed by atoms with E-state index in [2.05, 4.69) is 0 Å². The van der Waals surface area contributed by atoms with E-state index in [9.17, 15) is 22.8 Å². The van der Waals surface area contributed by atoms with Gasteiger partial charge >= 0.3 is 5.97 Å². The highest BCUT2D eigenvalue weighted by Crippen LogP contribution is 2.25. The molecule has 0 aliphatic heterocycles. The Balaban J connectivity index is 2.46. The van der Waals surface area contributed by atoms with Gasteiger partial charge in [0.1, 0.15) is 11.4 Å². The van der Waals surface area contributed by atoms with Crippen LogP contribution in [0.3, 0.4) is 0 Å². The van der Waals surface area contributed by atoms with Gasteiger partial charge < -0.3 is 9.30 Å². The molecule has 0 unspecified atom stereocenters. The molecular formula is C19H14F3NO3. The maximum absolute atomic E-state index is 14.1. The lowest BCUT2D eigenvalue weighted by Gasteiger charge is -2.16. The predicted molar refractivity (Wildman–Crippen MR) is 90.1 cm³/mol. The Morgan fingerprint density at radius 2 is 1.81 bits per heavy atom. The van der Waals surface area contributed by atoms with Gasteiger partial charge in [0, 0.05) is 17.4 Å². The molecule has 0 aliphatic rings. The Morgan fingerprint density at radius 1 is 1.15 bits per heavy atom. The number of nitrogens with zero attached hydrogens (tertiary/aromatic N) is 1. The summed E-state index contributed by atoms with van der Waals surface area (Å²) in [5, 5.41) is -0.170. The van der Waals surface area contributed by atoms with Crippen LogP contribution in [0.5, 0.6) is 0 Å². The van der Waals surface area contributed by atoms with Gasteiger partial charge in [-0.05, 0) is 44.2 Å². The summed E-state index contributed by atoms with van der Waals surface area (Å²) >= 11 is 0. The number of ether oxygens (including phenoxy) is 1. The van der Waals surface area contributed by atoms with Gasteiger partial charge in [-0.15, -0.1) is 0 Å². The molecule has 134 valence electrons. The number of pyridine rings is 1. The summed E-state index contributed by atoms with van der Waals surface area (Å²) in [6, 6.07) is 5.91. The third-order valence-corrected chi connectivity index (χ3v) is 4.01. The first-order valence-electron chi connectivity index (χ1n) is 7.82. The zero-order chi connectivity index (χ0) is 19.0. The summed E-state index contributed by atoms with van der Waals surface area (Å²) in [7, 11) is 0. The van der Waals surface area contributed by atoms with Crippen LogP contribution in [0.25, 0.3) is 16.6 Å². The molecule has 0 atom stereocenters. The van der Waals surface area contributed by atoms with Crippen LogP contribution >= 0.6 is 0 Å². The smallest absolute Gasteiger partial charge is 0.343 e. The maximum atomic E-state index is 14.1. The van der Waals surface area contributed by atoms with Gasteiger partial charge in [0.05, 0.1) is 17.5 Å². The van der Waals surface area contributed by atoms with Crippen LogP contribution in [0.4, 0.5) is 13.2 Å². The lowest BCUT2D eigenvalue weighted by Crippen LogP contribution is -2.21. The number of esters is 1. The van der Waals surface area contributed by atoms with Crippen LogP contribution in [0.2, 0.25) is 0 Å². The van der Waals surface area contributed by atoms with E-state index in [0.717, 1.165) is 6.07 Å². The highest BCUT2D eigenvalue weighted by molar-refractivity contribution is 5.95. The maximum Gasteiger partial charge on any atom is 0.343 e. The molecule has 3 aromatic rings. The number of rotatable bonds is 3. The number of carbonyl (C=O) groups excluding carboxylic acids is 1. The molecular weight excluding hydrogens is 347 g/mol. The van der Waals surface area contributed by atoms with Gasteiger partial charge in [0.15, 0.2) is 11.6 Å². The highest BCUT2D eigenvalue weighted by atomic mass is 19.2. The summed E-state index contributed by atoms with van der Waals surface area (Å²) in [5.74, 6) is -3.66. The lowest BCUT2D eigenvalue weighted by atomic mass is 10.1. The molecule has 1 aromatic heterocycles. The van der Waals surface area contributed by atoms with E-state index in [4.69, 9.17) is 4.74 Å². The first kappa shape index (κ1) is 17.7. The number of hydrogen-bond donors (Lipinski definition) is 0. The molecule has 0 N–H and O–H groups in total. The molecule has 4 nitrogen and oxygen atoms in total. The Hall–Kier alpha value is -3.09. The SMILES string of the molecule is CCOC(=O)c1cn(-c2ccc(F)cc2)c2c(C)c(F)c(F)cc2c1=O. The molecule has 0 spiro atoms. The van der Waals surface area contributed by atoms with Crippen LogP contribution in [0, 0.1) is 24.4 Å².